The monoisotopic (exact) mass is 517 g/mol. The van der Waals surface area contributed by atoms with Crippen LogP contribution in [-0.2, 0) is 6.54 Å². The fourth-order valence-electron chi connectivity index (χ4n) is 4.64. The van der Waals surface area contributed by atoms with E-state index in [0.29, 0.717) is 36.7 Å². The summed E-state index contributed by atoms with van der Waals surface area (Å²) < 4.78 is 10.9. The molecule has 8 nitrogen and oxygen atoms in total. The molecule has 0 spiro atoms. The topological polar surface area (TPSA) is 97.3 Å². The van der Waals surface area contributed by atoms with Crippen molar-refractivity contribution in [3.63, 3.8) is 0 Å². The predicted molar refractivity (Wildman–Crippen MR) is 154 cm³/mol. The number of nitrogens with zero attached hydrogens (tertiary/aromatic N) is 3. The van der Waals surface area contributed by atoms with Crippen LogP contribution in [0.1, 0.15) is 28.8 Å². The number of rotatable bonds is 12. The Morgan fingerprint density at radius 1 is 0.868 bits per heavy atom. The molecule has 0 saturated carbocycles. The van der Waals surface area contributed by atoms with Crippen LogP contribution in [0.25, 0.3) is 11.1 Å². The largest absolute Gasteiger partial charge is 0.454 e. The van der Waals surface area contributed by atoms with Gasteiger partial charge in [-0.3, -0.25) is 4.79 Å². The Morgan fingerprint density at radius 3 is 2.42 bits per heavy atom. The quantitative estimate of drug-likeness (QED) is 0.350. The summed E-state index contributed by atoms with van der Waals surface area (Å²) in [5, 5.41) is 0. The van der Waals surface area contributed by atoms with E-state index in [2.05, 4.69) is 55.2 Å². The number of amides is 1. The number of benzene rings is 3. The summed E-state index contributed by atoms with van der Waals surface area (Å²) in [6, 6.07) is 19.8. The van der Waals surface area contributed by atoms with Gasteiger partial charge in [0, 0.05) is 32.2 Å². The molecule has 3 aromatic carbocycles. The van der Waals surface area contributed by atoms with Crippen molar-refractivity contribution in [3.8, 4) is 22.6 Å². The van der Waals surface area contributed by atoms with Gasteiger partial charge in [0.25, 0.3) is 5.91 Å². The first-order valence-electron chi connectivity index (χ1n) is 13.1. The molecule has 1 heterocycles. The van der Waals surface area contributed by atoms with E-state index >= 15 is 0 Å². The number of hydrogen-bond acceptors (Lipinski definition) is 7. The zero-order valence-electron chi connectivity index (χ0n) is 22.7. The molecule has 38 heavy (non-hydrogen) atoms. The highest BCUT2D eigenvalue weighted by molar-refractivity contribution is 5.95. The van der Waals surface area contributed by atoms with E-state index in [1.165, 1.54) is 0 Å². The Balaban J connectivity index is 1.49. The molecule has 0 aliphatic carbocycles. The van der Waals surface area contributed by atoms with Crippen molar-refractivity contribution in [3.05, 3.63) is 71.8 Å². The summed E-state index contributed by atoms with van der Waals surface area (Å²) in [6.07, 6.45) is 1.79. The van der Waals surface area contributed by atoms with Gasteiger partial charge in [-0.1, -0.05) is 24.3 Å². The van der Waals surface area contributed by atoms with Crippen LogP contribution in [0.4, 0.5) is 11.4 Å². The molecule has 4 N–H and O–H groups in total. The zero-order chi connectivity index (χ0) is 27.1. The Kier molecular flexibility index (Phi) is 9.10. The first-order valence-corrected chi connectivity index (χ1v) is 13.1. The Bertz CT molecular complexity index is 1250. The molecule has 0 unspecified atom stereocenters. The second-order valence-electron chi connectivity index (χ2n) is 9.99. The maximum atomic E-state index is 13.4. The van der Waals surface area contributed by atoms with E-state index in [0.717, 1.165) is 54.0 Å². The highest BCUT2D eigenvalue weighted by atomic mass is 16.7. The zero-order valence-corrected chi connectivity index (χ0v) is 22.7. The number of nitrogens with two attached hydrogens (primary N) is 2. The van der Waals surface area contributed by atoms with Crippen LogP contribution in [-0.4, -0.2) is 69.8 Å². The van der Waals surface area contributed by atoms with Gasteiger partial charge in [-0.2, -0.15) is 0 Å². The molecule has 3 aromatic rings. The predicted octanol–water partition coefficient (Wildman–Crippen LogP) is 4.04. The molecule has 0 atom stereocenters. The third-order valence-corrected chi connectivity index (χ3v) is 6.71. The second kappa shape index (κ2) is 12.7. The van der Waals surface area contributed by atoms with Gasteiger partial charge in [0.15, 0.2) is 11.5 Å². The number of ether oxygens (including phenoxy) is 2. The molecule has 1 amide bonds. The summed E-state index contributed by atoms with van der Waals surface area (Å²) in [5.74, 6) is 1.20. The molecule has 0 aromatic heterocycles. The normalized spacial score (nSPS) is 12.1. The van der Waals surface area contributed by atoms with Crippen LogP contribution in [0, 0.1) is 0 Å². The lowest BCUT2D eigenvalue weighted by Gasteiger charge is -2.24. The fourth-order valence-corrected chi connectivity index (χ4v) is 4.64. The minimum Gasteiger partial charge on any atom is -0.454 e. The van der Waals surface area contributed by atoms with Crippen molar-refractivity contribution in [2.75, 3.05) is 64.7 Å². The molecule has 0 saturated heterocycles. The van der Waals surface area contributed by atoms with E-state index in [4.69, 9.17) is 20.9 Å². The maximum absolute atomic E-state index is 13.4. The number of hydrogen-bond donors (Lipinski definition) is 2. The molecular weight excluding hydrogens is 478 g/mol. The molecule has 1 aliphatic rings. The van der Waals surface area contributed by atoms with Crippen molar-refractivity contribution in [1.82, 2.24) is 9.80 Å². The van der Waals surface area contributed by atoms with Crippen LogP contribution in [0.3, 0.4) is 0 Å². The lowest BCUT2D eigenvalue weighted by Crippen LogP contribution is -2.32. The van der Waals surface area contributed by atoms with Gasteiger partial charge in [0.2, 0.25) is 6.79 Å². The number of anilines is 2. The van der Waals surface area contributed by atoms with Gasteiger partial charge in [-0.05, 0) is 93.1 Å². The van der Waals surface area contributed by atoms with Gasteiger partial charge >= 0.3 is 0 Å². The van der Waals surface area contributed by atoms with Gasteiger partial charge in [-0.25, -0.2) is 0 Å². The SMILES string of the molecule is CN(C)CCCN(C)c1ccc(-c2cccc(CN(CCCN)C(=O)c3ccc4c(c3)OCO4)c2)cc1N. The maximum Gasteiger partial charge on any atom is 0.254 e. The minimum atomic E-state index is -0.0620. The summed E-state index contributed by atoms with van der Waals surface area (Å²) in [6.45, 7) is 3.70. The van der Waals surface area contributed by atoms with Crippen molar-refractivity contribution in [2.24, 2.45) is 5.73 Å². The first kappa shape index (κ1) is 27.3. The lowest BCUT2D eigenvalue weighted by atomic mass is 10.0. The standard InChI is InChI=1S/C30H39N5O3/c1-33(2)14-6-15-34(3)27-11-9-24(18-26(27)32)23-8-4-7-22(17-23)20-35(16-5-13-31)30(36)25-10-12-28-29(19-25)38-21-37-28/h4,7-12,17-19H,5-6,13-16,20-21,31-32H2,1-3H3. The summed E-state index contributed by atoms with van der Waals surface area (Å²) in [5.41, 5.74) is 17.8. The molecule has 0 radical (unpaired) electrons. The number of carbonyl (C=O) groups excluding carboxylic acids is 1. The molecule has 0 fully saturated rings. The Hall–Kier alpha value is -3.75. The van der Waals surface area contributed by atoms with Crippen molar-refractivity contribution in [2.45, 2.75) is 19.4 Å². The van der Waals surface area contributed by atoms with Crippen LogP contribution >= 0.6 is 0 Å². The Morgan fingerprint density at radius 2 is 1.66 bits per heavy atom. The van der Waals surface area contributed by atoms with E-state index in [1.54, 1.807) is 18.2 Å². The van der Waals surface area contributed by atoms with Gasteiger partial charge in [0.05, 0.1) is 11.4 Å². The third-order valence-electron chi connectivity index (χ3n) is 6.71. The van der Waals surface area contributed by atoms with Gasteiger partial charge in [0.1, 0.15) is 0 Å². The van der Waals surface area contributed by atoms with E-state index in [-0.39, 0.29) is 12.7 Å². The Labute approximate surface area is 225 Å². The van der Waals surface area contributed by atoms with E-state index in [9.17, 15) is 4.79 Å². The van der Waals surface area contributed by atoms with E-state index in [1.807, 2.05) is 23.1 Å². The number of nitrogen functional groups attached to an aromatic ring is 1. The molecule has 8 heteroatoms. The molecule has 4 rings (SSSR count). The highest BCUT2D eigenvalue weighted by Gasteiger charge is 2.20. The van der Waals surface area contributed by atoms with Crippen LogP contribution in [0.15, 0.2) is 60.7 Å². The van der Waals surface area contributed by atoms with Crippen LogP contribution in [0.5, 0.6) is 11.5 Å². The van der Waals surface area contributed by atoms with Crippen molar-refractivity contribution < 1.29 is 14.3 Å². The summed E-state index contributed by atoms with van der Waals surface area (Å²) >= 11 is 0. The smallest absolute Gasteiger partial charge is 0.254 e. The number of carbonyl (C=O) groups is 1. The lowest BCUT2D eigenvalue weighted by molar-refractivity contribution is 0.0742. The average Bonchev–Trinajstić information content (AvgIpc) is 3.38. The first-order chi connectivity index (χ1) is 18.4. The van der Waals surface area contributed by atoms with E-state index < -0.39 is 0 Å². The van der Waals surface area contributed by atoms with Crippen molar-refractivity contribution in [1.29, 1.82) is 0 Å². The summed E-state index contributed by atoms with van der Waals surface area (Å²) in [7, 11) is 6.25. The molecule has 0 bridgehead atoms. The minimum absolute atomic E-state index is 0.0620. The second-order valence-corrected chi connectivity index (χ2v) is 9.99. The molecule has 202 valence electrons. The third kappa shape index (κ3) is 6.76. The highest BCUT2D eigenvalue weighted by Crippen LogP contribution is 2.33. The average molecular weight is 518 g/mol. The number of fused-ring (bicyclic) bond motifs is 1. The fraction of sp³-hybridized carbons (Fsp3) is 0.367. The summed E-state index contributed by atoms with van der Waals surface area (Å²) in [4.78, 5) is 19.7. The molecule has 1 aliphatic heterocycles. The van der Waals surface area contributed by atoms with Gasteiger partial charge in [-0.15, -0.1) is 0 Å². The van der Waals surface area contributed by atoms with Gasteiger partial charge < -0.3 is 35.6 Å². The molecular formula is C30H39N5O3. The van der Waals surface area contributed by atoms with Crippen molar-refractivity contribution >= 4 is 17.3 Å². The van der Waals surface area contributed by atoms with Crippen LogP contribution < -0.4 is 25.8 Å². The van der Waals surface area contributed by atoms with Crippen LogP contribution in [0.2, 0.25) is 0 Å².